The lowest BCUT2D eigenvalue weighted by atomic mass is 10.0. The highest BCUT2D eigenvalue weighted by atomic mass is 16.5. The first-order valence-electron chi connectivity index (χ1n) is 9.34. The van der Waals surface area contributed by atoms with Gasteiger partial charge in [-0.25, -0.2) is 0 Å². The molecule has 0 atom stereocenters. The minimum atomic E-state index is -0.296. The molecule has 2 aromatic rings. The number of hydrogen-bond donors (Lipinski definition) is 0. The monoisotopic (exact) mass is 364 g/mol. The normalized spacial score (nSPS) is 10.8. The molecule has 0 saturated heterocycles. The molecule has 0 unspecified atom stereocenters. The van der Waals surface area contributed by atoms with E-state index in [2.05, 4.69) is 50.0 Å². The number of ether oxygens (including phenoxy) is 2. The third-order valence-corrected chi connectivity index (χ3v) is 4.15. The Morgan fingerprint density at radius 3 is 2.33 bits per heavy atom. The highest BCUT2D eigenvalue weighted by Gasteiger charge is 2.19. The molecule has 27 heavy (non-hydrogen) atoms. The summed E-state index contributed by atoms with van der Waals surface area (Å²) in [6.07, 6.45) is 1.95. The second-order valence-electron chi connectivity index (χ2n) is 7.05. The quantitative estimate of drug-likeness (QED) is 0.424. The Balaban J connectivity index is 1.75. The highest BCUT2D eigenvalue weighted by Crippen LogP contribution is 2.26. The van der Waals surface area contributed by atoms with E-state index in [-0.39, 0.29) is 24.4 Å². The van der Waals surface area contributed by atoms with Crippen LogP contribution >= 0.6 is 0 Å². The van der Waals surface area contributed by atoms with Gasteiger partial charge in [0.25, 0.3) is 0 Å². The molecule has 0 fully saturated rings. The van der Waals surface area contributed by atoms with Gasteiger partial charge in [-0.3, -0.25) is 4.79 Å². The van der Waals surface area contributed by atoms with Crippen LogP contribution in [0.15, 0.2) is 54.6 Å². The van der Waals surface area contributed by atoms with Crippen LogP contribution in [0.1, 0.15) is 40.0 Å². The van der Waals surface area contributed by atoms with Gasteiger partial charge >= 0.3 is 0 Å². The minimum absolute atomic E-state index is 0.0263. The van der Waals surface area contributed by atoms with Crippen LogP contribution in [0, 0.1) is 11.8 Å². The van der Waals surface area contributed by atoms with Crippen molar-refractivity contribution in [1.29, 1.82) is 0 Å². The third-order valence-electron chi connectivity index (χ3n) is 4.15. The van der Waals surface area contributed by atoms with Gasteiger partial charge in [-0.2, -0.15) is 0 Å². The smallest absolute Gasteiger partial charge is 0.170 e. The van der Waals surface area contributed by atoms with Gasteiger partial charge in [0, 0.05) is 6.61 Å². The number of carbonyl (C=O) groups excluding carboxylic acids is 1. The molecule has 0 aromatic heterocycles. The summed E-state index contributed by atoms with van der Waals surface area (Å²) < 4.78 is 11.6. The number of rotatable bonds is 10. The van der Waals surface area contributed by atoms with Crippen LogP contribution in [0.2, 0.25) is 0 Å². The van der Waals surface area contributed by atoms with E-state index in [1.54, 1.807) is 6.92 Å². The van der Waals surface area contributed by atoms with Crippen molar-refractivity contribution in [3.63, 3.8) is 0 Å². The minimum Gasteiger partial charge on any atom is -0.488 e. The van der Waals surface area contributed by atoms with Crippen LogP contribution in [0.25, 0.3) is 11.1 Å². The standard InChI is InChI=1S/C24H28O3/c1-4-5-12-22(25)19-26-18-9-17-24(2,3)27-23-15-13-21(14-16-23)20-10-7-6-8-11-20/h6-8,10-11,13-16H,9,12,17-19H2,1-3H3. The molecule has 0 aliphatic heterocycles. The van der Waals surface area contributed by atoms with Gasteiger partial charge in [-0.05, 0) is 56.9 Å². The molecule has 0 saturated carbocycles. The van der Waals surface area contributed by atoms with E-state index in [1.807, 2.05) is 30.3 Å². The molecule has 0 bridgehead atoms. The van der Waals surface area contributed by atoms with Gasteiger partial charge in [0.15, 0.2) is 5.78 Å². The van der Waals surface area contributed by atoms with Crippen molar-refractivity contribution >= 4 is 5.78 Å². The van der Waals surface area contributed by atoms with E-state index in [0.29, 0.717) is 6.61 Å². The van der Waals surface area contributed by atoms with Crippen molar-refractivity contribution in [3.8, 4) is 28.7 Å². The first-order chi connectivity index (χ1) is 13.0. The lowest BCUT2D eigenvalue weighted by Gasteiger charge is -2.26. The van der Waals surface area contributed by atoms with E-state index in [1.165, 1.54) is 11.1 Å². The largest absolute Gasteiger partial charge is 0.488 e. The van der Waals surface area contributed by atoms with Crippen LogP contribution in [-0.4, -0.2) is 24.6 Å². The Bertz CT molecular complexity index is 765. The Kier molecular flexibility index (Phi) is 8.10. The fourth-order valence-electron chi connectivity index (χ4n) is 2.74. The number of benzene rings is 2. The molecule has 3 nitrogen and oxygen atoms in total. The summed E-state index contributed by atoms with van der Waals surface area (Å²) in [7, 11) is 0. The predicted molar refractivity (Wildman–Crippen MR) is 110 cm³/mol. The number of carbonyl (C=O) groups is 1. The zero-order valence-electron chi connectivity index (χ0n) is 16.5. The van der Waals surface area contributed by atoms with Crippen molar-refractivity contribution < 1.29 is 14.3 Å². The van der Waals surface area contributed by atoms with Crippen LogP contribution in [0.4, 0.5) is 0 Å². The summed E-state index contributed by atoms with van der Waals surface area (Å²) in [5.41, 5.74) is 2.07. The Hall–Kier alpha value is -2.57. The summed E-state index contributed by atoms with van der Waals surface area (Å²) in [6, 6.07) is 18.5. The average Bonchev–Trinajstić information content (AvgIpc) is 2.67. The maximum atomic E-state index is 11.5. The molecule has 0 spiro atoms. The molecule has 142 valence electrons. The van der Waals surface area contributed by atoms with Crippen LogP contribution < -0.4 is 4.74 Å². The molecule has 2 rings (SSSR count). The van der Waals surface area contributed by atoms with Crippen molar-refractivity contribution in [3.05, 3.63) is 54.6 Å². The Labute approximate surface area is 162 Å². The summed E-state index contributed by atoms with van der Waals surface area (Å²) >= 11 is 0. The maximum Gasteiger partial charge on any atom is 0.170 e. The second-order valence-corrected chi connectivity index (χ2v) is 7.05. The van der Waals surface area contributed by atoms with E-state index >= 15 is 0 Å². The summed E-state index contributed by atoms with van der Waals surface area (Å²) in [5.74, 6) is 6.35. The summed E-state index contributed by atoms with van der Waals surface area (Å²) in [4.78, 5) is 11.5. The Morgan fingerprint density at radius 2 is 1.67 bits per heavy atom. The second kappa shape index (κ2) is 10.5. The molecule has 0 amide bonds. The van der Waals surface area contributed by atoms with E-state index in [4.69, 9.17) is 9.47 Å². The zero-order chi connectivity index (χ0) is 19.5. The summed E-state index contributed by atoms with van der Waals surface area (Å²) in [6.45, 7) is 6.55. The topological polar surface area (TPSA) is 35.5 Å². The number of Topliss-reactive ketones (excluding diaryl/α,β-unsaturated/α-hetero) is 1. The van der Waals surface area contributed by atoms with E-state index in [0.717, 1.165) is 18.6 Å². The number of hydrogen-bond acceptors (Lipinski definition) is 3. The van der Waals surface area contributed by atoms with Gasteiger partial charge in [0.2, 0.25) is 0 Å². The highest BCUT2D eigenvalue weighted by molar-refractivity contribution is 5.81. The van der Waals surface area contributed by atoms with E-state index < -0.39 is 0 Å². The predicted octanol–water partition coefficient (Wildman–Crippen LogP) is 5.29. The molecular formula is C24H28O3. The van der Waals surface area contributed by atoms with Crippen molar-refractivity contribution in [2.75, 3.05) is 13.2 Å². The Morgan fingerprint density at radius 1 is 1.00 bits per heavy atom. The van der Waals surface area contributed by atoms with Gasteiger partial charge in [-0.1, -0.05) is 48.4 Å². The van der Waals surface area contributed by atoms with Gasteiger partial charge in [0.05, 0.1) is 6.42 Å². The molecule has 0 aliphatic rings. The SMILES string of the molecule is CC#CCC(=O)COCCCC(C)(C)Oc1ccc(-c2ccccc2)cc1. The van der Waals surface area contributed by atoms with Gasteiger partial charge < -0.3 is 9.47 Å². The molecule has 0 heterocycles. The maximum absolute atomic E-state index is 11.5. The fourth-order valence-corrected chi connectivity index (χ4v) is 2.74. The van der Waals surface area contributed by atoms with Crippen LogP contribution in [0.5, 0.6) is 5.75 Å². The molecule has 0 aliphatic carbocycles. The first kappa shape index (κ1) is 20.7. The zero-order valence-corrected chi connectivity index (χ0v) is 16.5. The first-order valence-corrected chi connectivity index (χ1v) is 9.34. The van der Waals surface area contributed by atoms with E-state index in [9.17, 15) is 4.79 Å². The molecule has 0 radical (unpaired) electrons. The van der Waals surface area contributed by atoms with Crippen LogP contribution in [0.3, 0.4) is 0 Å². The van der Waals surface area contributed by atoms with Crippen LogP contribution in [-0.2, 0) is 9.53 Å². The van der Waals surface area contributed by atoms with Crippen molar-refractivity contribution in [1.82, 2.24) is 0 Å². The van der Waals surface area contributed by atoms with Crippen molar-refractivity contribution in [2.24, 2.45) is 0 Å². The molecular weight excluding hydrogens is 336 g/mol. The summed E-state index contributed by atoms with van der Waals surface area (Å²) in [5, 5.41) is 0. The van der Waals surface area contributed by atoms with Gasteiger partial charge in [0.1, 0.15) is 18.0 Å². The van der Waals surface area contributed by atoms with Crippen molar-refractivity contribution in [2.45, 2.75) is 45.6 Å². The lowest BCUT2D eigenvalue weighted by Crippen LogP contribution is -2.28. The van der Waals surface area contributed by atoms with Gasteiger partial charge in [-0.15, -0.1) is 5.92 Å². The molecule has 2 aromatic carbocycles. The molecule has 0 N–H and O–H groups in total. The number of ketones is 1. The molecule has 3 heteroatoms. The third kappa shape index (κ3) is 7.68. The lowest BCUT2D eigenvalue weighted by molar-refractivity contribution is -0.122. The fraction of sp³-hybridized carbons (Fsp3) is 0.375. The average molecular weight is 364 g/mol.